The van der Waals surface area contributed by atoms with E-state index in [0.29, 0.717) is 16.1 Å². The summed E-state index contributed by atoms with van der Waals surface area (Å²) < 4.78 is 55.7. The second kappa shape index (κ2) is 11.8. The number of amides is 2. The summed E-state index contributed by atoms with van der Waals surface area (Å²) in [6, 6.07) is 19.5. The second-order valence-electron chi connectivity index (χ2n) is 8.03. The molecule has 39 heavy (non-hydrogen) atoms. The molecule has 198 valence electrons. The predicted octanol–water partition coefficient (Wildman–Crippen LogP) is 6.88. The smallest absolute Gasteiger partial charge is 0.269 e. The SMILES string of the molecule is O=C(Nc1cccc(SC(C(=O)Nc2c(F)c(F)cc(F)c2F)c2ccccc2)c1)c1ccc([N+](=O)[O-])cc1. The molecule has 0 radical (unpaired) electrons. The Morgan fingerprint density at radius 3 is 2.05 bits per heavy atom. The number of carbonyl (C=O) groups is 2. The summed E-state index contributed by atoms with van der Waals surface area (Å²) in [5.74, 6) is -8.29. The maximum atomic E-state index is 14.2. The summed E-state index contributed by atoms with van der Waals surface area (Å²) in [4.78, 5) is 36.4. The van der Waals surface area contributed by atoms with Crippen LogP contribution in [-0.2, 0) is 4.79 Å². The number of nitro benzene ring substituents is 1. The molecule has 0 aromatic heterocycles. The number of rotatable bonds is 8. The topological polar surface area (TPSA) is 101 Å². The van der Waals surface area contributed by atoms with Crippen molar-refractivity contribution in [1.29, 1.82) is 0 Å². The van der Waals surface area contributed by atoms with Crippen molar-refractivity contribution in [3.05, 3.63) is 129 Å². The van der Waals surface area contributed by atoms with Gasteiger partial charge in [0.1, 0.15) is 10.9 Å². The minimum Gasteiger partial charge on any atom is -0.322 e. The number of anilines is 2. The van der Waals surface area contributed by atoms with E-state index in [1.165, 1.54) is 24.3 Å². The largest absolute Gasteiger partial charge is 0.322 e. The van der Waals surface area contributed by atoms with Crippen LogP contribution in [0, 0.1) is 33.4 Å². The lowest BCUT2D eigenvalue weighted by molar-refractivity contribution is -0.384. The molecule has 1 atom stereocenters. The van der Waals surface area contributed by atoms with Gasteiger partial charge >= 0.3 is 0 Å². The maximum Gasteiger partial charge on any atom is 0.269 e. The fourth-order valence-electron chi connectivity index (χ4n) is 3.49. The highest BCUT2D eigenvalue weighted by molar-refractivity contribution is 8.00. The van der Waals surface area contributed by atoms with Gasteiger partial charge in [-0.1, -0.05) is 36.4 Å². The Bertz CT molecular complexity index is 1530. The third-order valence-corrected chi connectivity index (χ3v) is 6.63. The van der Waals surface area contributed by atoms with Gasteiger partial charge < -0.3 is 10.6 Å². The fraction of sp³-hybridized carbons (Fsp3) is 0.0370. The first-order chi connectivity index (χ1) is 18.6. The molecule has 2 N–H and O–H groups in total. The zero-order chi connectivity index (χ0) is 28.1. The number of nitrogens with one attached hydrogen (secondary N) is 2. The van der Waals surface area contributed by atoms with E-state index in [-0.39, 0.29) is 17.3 Å². The van der Waals surface area contributed by atoms with Crippen LogP contribution < -0.4 is 10.6 Å². The Morgan fingerprint density at radius 1 is 0.795 bits per heavy atom. The van der Waals surface area contributed by atoms with Crippen LogP contribution in [0.5, 0.6) is 0 Å². The molecule has 0 aliphatic carbocycles. The van der Waals surface area contributed by atoms with E-state index in [1.54, 1.807) is 54.6 Å². The quantitative estimate of drug-likeness (QED) is 0.0812. The molecule has 4 aromatic rings. The van der Waals surface area contributed by atoms with Crippen LogP contribution in [0.3, 0.4) is 0 Å². The summed E-state index contributed by atoms with van der Waals surface area (Å²) >= 11 is 0.961. The molecule has 12 heteroatoms. The van der Waals surface area contributed by atoms with Crippen LogP contribution in [0.4, 0.5) is 34.6 Å². The number of nitrogens with zero attached hydrogens (tertiary/aromatic N) is 1. The van der Waals surface area contributed by atoms with Crippen LogP contribution >= 0.6 is 11.8 Å². The van der Waals surface area contributed by atoms with Crippen LogP contribution in [0.25, 0.3) is 0 Å². The van der Waals surface area contributed by atoms with Gasteiger partial charge in [-0.3, -0.25) is 19.7 Å². The van der Waals surface area contributed by atoms with E-state index in [0.717, 1.165) is 11.8 Å². The summed E-state index contributed by atoms with van der Waals surface area (Å²) in [6.07, 6.45) is 0. The number of hydrogen-bond acceptors (Lipinski definition) is 5. The maximum absolute atomic E-state index is 14.2. The van der Waals surface area contributed by atoms with Crippen molar-refractivity contribution in [2.45, 2.75) is 10.1 Å². The fourth-order valence-corrected chi connectivity index (χ4v) is 4.58. The minimum atomic E-state index is -1.74. The Labute approximate surface area is 223 Å². The van der Waals surface area contributed by atoms with Crippen molar-refractivity contribution in [2.24, 2.45) is 0 Å². The molecule has 0 aliphatic heterocycles. The van der Waals surface area contributed by atoms with Crippen LogP contribution in [-0.4, -0.2) is 16.7 Å². The molecule has 0 fully saturated rings. The van der Waals surface area contributed by atoms with Gasteiger partial charge in [0.05, 0.1) is 4.92 Å². The molecule has 7 nitrogen and oxygen atoms in total. The lowest BCUT2D eigenvalue weighted by atomic mass is 10.1. The van der Waals surface area contributed by atoms with Gasteiger partial charge in [0.2, 0.25) is 5.91 Å². The van der Waals surface area contributed by atoms with Gasteiger partial charge in [0.15, 0.2) is 23.3 Å². The van der Waals surface area contributed by atoms with Gasteiger partial charge in [-0.2, -0.15) is 0 Å². The first kappa shape index (κ1) is 27.3. The number of carbonyl (C=O) groups excluding carboxylic acids is 2. The molecular formula is C27H17F4N3O4S. The molecule has 0 saturated carbocycles. The van der Waals surface area contributed by atoms with Gasteiger partial charge in [0.25, 0.3) is 11.6 Å². The summed E-state index contributed by atoms with van der Waals surface area (Å²) in [7, 11) is 0. The van der Waals surface area contributed by atoms with Crippen molar-refractivity contribution in [2.75, 3.05) is 10.6 Å². The number of benzene rings is 4. The van der Waals surface area contributed by atoms with E-state index in [2.05, 4.69) is 5.32 Å². The molecule has 0 spiro atoms. The van der Waals surface area contributed by atoms with Crippen LogP contribution in [0.2, 0.25) is 0 Å². The molecule has 0 heterocycles. The molecule has 0 bridgehead atoms. The third-order valence-electron chi connectivity index (χ3n) is 5.39. The molecule has 2 amide bonds. The standard InChI is InChI=1S/C27H17F4N3O4S/c28-20-14-21(29)23(31)24(22(20)30)33-27(36)25(15-5-2-1-3-6-15)39-19-8-4-7-17(13-19)32-26(35)16-9-11-18(12-10-16)34(37)38/h1-14,25H,(H,32,35)(H,33,36). The molecule has 1 unspecified atom stereocenters. The highest BCUT2D eigenvalue weighted by Crippen LogP contribution is 2.38. The average Bonchev–Trinajstić information content (AvgIpc) is 2.93. The van der Waals surface area contributed by atoms with Gasteiger partial charge in [-0.25, -0.2) is 17.6 Å². The number of nitro groups is 1. The molecule has 0 aliphatic rings. The van der Waals surface area contributed by atoms with E-state index < -0.39 is 50.9 Å². The summed E-state index contributed by atoms with van der Waals surface area (Å²) in [6.45, 7) is 0. The van der Waals surface area contributed by atoms with Crippen molar-refractivity contribution in [1.82, 2.24) is 0 Å². The van der Waals surface area contributed by atoms with Gasteiger partial charge in [-0.05, 0) is 35.9 Å². The zero-order valence-corrected chi connectivity index (χ0v) is 20.5. The number of hydrogen-bond donors (Lipinski definition) is 2. The summed E-state index contributed by atoms with van der Waals surface area (Å²) in [5, 5.41) is 14.3. The van der Waals surface area contributed by atoms with Crippen molar-refractivity contribution < 1.29 is 32.1 Å². The normalized spacial score (nSPS) is 11.5. The molecule has 4 rings (SSSR count). The number of non-ortho nitro benzene ring substituents is 1. The first-order valence-corrected chi connectivity index (χ1v) is 12.0. The minimum absolute atomic E-state index is 0.0419. The van der Waals surface area contributed by atoms with Crippen molar-refractivity contribution in [3.63, 3.8) is 0 Å². The zero-order valence-electron chi connectivity index (χ0n) is 19.7. The Morgan fingerprint density at radius 2 is 1.44 bits per heavy atom. The second-order valence-corrected chi connectivity index (χ2v) is 9.21. The highest BCUT2D eigenvalue weighted by atomic mass is 32.2. The lowest BCUT2D eigenvalue weighted by Gasteiger charge is -2.18. The lowest BCUT2D eigenvalue weighted by Crippen LogP contribution is -2.21. The molecule has 4 aromatic carbocycles. The van der Waals surface area contributed by atoms with E-state index in [1.807, 2.05) is 5.32 Å². The van der Waals surface area contributed by atoms with E-state index in [4.69, 9.17) is 0 Å². The Hall–Kier alpha value is -4.71. The van der Waals surface area contributed by atoms with Crippen LogP contribution in [0.15, 0.2) is 89.8 Å². The monoisotopic (exact) mass is 555 g/mol. The molecular weight excluding hydrogens is 538 g/mol. The van der Waals surface area contributed by atoms with Gasteiger partial charge in [-0.15, -0.1) is 11.8 Å². The molecule has 0 saturated heterocycles. The number of halogens is 4. The third kappa shape index (κ3) is 6.41. The average molecular weight is 556 g/mol. The van der Waals surface area contributed by atoms with E-state index in [9.17, 15) is 37.3 Å². The Balaban J connectivity index is 1.57. The van der Waals surface area contributed by atoms with Crippen molar-refractivity contribution in [3.8, 4) is 0 Å². The first-order valence-electron chi connectivity index (χ1n) is 11.2. The van der Waals surface area contributed by atoms with Crippen molar-refractivity contribution >= 4 is 40.6 Å². The highest BCUT2D eigenvalue weighted by Gasteiger charge is 2.27. The van der Waals surface area contributed by atoms with Gasteiger partial charge in [0, 0.05) is 34.3 Å². The Kier molecular flexibility index (Phi) is 8.25. The predicted molar refractivity (Wildman–Crippen MR) is 137 cm³/mol. The number of thioether (sulfide) groups is 1. The summed E-state index contributed by atoms with van der Waals surface area (Å²) in [5.41, 5.74) is -0.483. The van der Waals surface area contributed by atoms with E-state index >= 15 is 0 Å². The van der Waals surface area contributed by atoms with Crippen LogP contribution in [0.1, 0.15) is 21.2 Å².